The van der Waals surface area contributed by atoms with Crippen molar-refractivity contribution in [1.82, 2.24) is 9.97 Å². The number of rotatable bonds is 18. The van der Waals surface area contributed by atoms with E-state index < -0.39 is 6.17 Å². The van der Waals surface area contributed by atoms with Gasteiger partial charge in [-0.3, -0.25) is 0 Å². The second-order valence-corrected chi connectivity index (χ2v) is 10.1. The van der Waals surface area contributed by atoms with Crippen LogP contribution < -0.4 is 4.74 Å². The van der Waals surface area contributed by atoms with E-state index in [9.17, 15) is 4.39 Å². The van der Waals surface area contributed by atoms with Gasteiger partial charge in [-0.1, -0.05) is 114 Å². The minimum absolute atomic E-state index is 0.112. The monoisotopic (exact) mass is 504 g/mol. The number of hydrogen-bond acceptors (Lipinski definition) is 3. The molecule has 0 spiro atoms. The number of ether oxygens (including phenoxy) is 1. The van der Waals surface area contributed by atoms with Gasteiger partial charge in [0.2, 0.25) is 0 Å². The first-order chi connectivity index (χ1) is 18.2. The molecule has 200 valence electrons. The Balaban J connectivity index is 1.43. The number of halogens is 1. The number of hydrogen-bond donors (Lipinski definition) is 0. The summed E-state index contributed by atoms with van der Waals surface area (Å²) in [5.41, 5.74) is 4.38. The Morgan fingerprint density at radius 3 is 1.86 bits per heavy atom. The van der Waals surface area contributed by atoms with Gasteiger partial charge in [-0.25, -0.2) is 14.4 Å². The van der Waals surface area contributed by atoms with Crippen LogP contribution in [0.5, 0.6) is 5.75 Å². The van der Waals surface area contributed by atoms with Crippen LogP contribution in [0.3, 0.4) is 0 Å². The maximum atomic E-state index is 14.0. The Kier molecular flexibility index (Phi) is 13.2. The SMILES string of the molecule is CCCCCCCCCc1ccc(-c2ncc(-c3ccc(OC[C@@H](F)CCCCCC)cc3)cn2)cc1. The van der Waals surface area contributed by atoms with Crippen LogP contribution in [0.1, 0.15) is 96.5 Å². The predicted octanol–water partition coefficient (Wildman–Crippen LogP) is 9.79. The highest BCUT2D eigenvalue weighted by molar-refractivity contribution is 5.64. The summed E-state index contributed by atoms with van der Waals surface area (Å²) in [6.07, 6.45) is 18.2. The molecule has 0 aliphatic carbocycles. The van der Waals surface area contributed by atoms with Crippen molar-refractivity contribution in [3.63, 3.8) is 0 Å². The zero-order chi connectivity index (χ0) is 26.1. The molecule has 0 radical (unpaired) electrons. The molecule has 3 aromatic rings. The molecule has 3 nitrogen and oxygen atoms in total. The quantitative estimate of drug-likeness (QED) is 0.162. The fourth-order valence-electron chi connectivity index (χ4n) is 4.54. The number of benzene rings is 2. The zero-order valence-electron chi connectivity index (χ0n) is 22.9. The van der Waals surface area contributed by atoms with Gasteiger partial charge in [-0.05, 0) is 42.5 Å². The van der Waals surface area contributed by atoms with Gasteiger partial charge in [-0.15, -0.1) is 0 Å². The Morgan fingerprint density at radius 2 is 1.22 bits per heavy atom. The fourth-order valence-corrected chi connectivity index (χ4v) is 4.54. The number of aromatic nitrogens is 2. The fraction of sp³-hybridized carbons (Fsp3) is 0.515. The van der Waals surface area contributed by atoms with Crippen LogP contribution in [0, 0.1) is 0 Å². The van der Waals surface area contributed by atoms with Gasteiger partial charge in [-0.2, -0.15) is 0 Å². The molecule has 1 atom stereocenters. The first kappa shape index (κ1) is 28.8. The lowest BCUT2D eigenvalue weighted by Gasteiger charge is -2.11. The van der Waals surface area contributed by atoms with E-state index in [2.05, 4.69) is 48.1 Å². The van der Waals surface area contributed by atoms with Gasteiger partial charge in [0.1, 0.15) is 18.5 Å². The molecular weight excluding hydrogens is 459 g/mol. The summed E-state index contributed by atoms with van der Waals surface area (Å²) in [6, 6.07) is 16.4. The summed E-state index contributed by atoms with van der Waals surface area (Å²) in [6.45, 7) is 4.54. The lowest BCUT2D eigenvalue weighted by molar-refractivity contribution is 0.184. The van der Waals surface area contributed by atoms with Crippen LogP contribution >= 0.6 is 0 Å². The highest BCUT2D eigenvalue weighted by atomic mass is 19.1. The smallest absolute Gasteiger partial charge is 0.159 e. The van der Waals surface area contributed by atoms with Crippen molar-refractivity contribution in [2.75, 3.05) is 6.61 Å². The lowest BCUT2D eigenvalue weighted by Crippen LogP contribution is -2.12. The summed E-state index contributed by atoms with van der Waals surface area (Å²) >= 11 is 0. The van der Waals surface area contributed by atoms with Crippen LogP contribution in [-0.2, 0) is 6.42 Å². The minimum Gasteiger partial charge on any atom is -0.491 e. The first-order valence-corrected chi connectivity index (χ1v) is 14.5. The highest BCUT2D eigenvalue weighted by Crippen LogP contribution is 2.24. The highest BCUT2D eigenvalue weighted by Gasteiger charge is 2.08. The van der Waals surface area contributed by atoms with Crippen molar-refractivity contribution in [2.45, 2.75) is 103 Å². The number of alkyl halides is 1. The second kappa shape index (κ2) is 16.9. The standard InChI is InChI=1S/C33H45FN2O/c1-3-5-7-9-10-11-12-14-27-16-18-29(19-17-27)33-35-24-30(25-36-33)28-20-22-32(23-21-28)37-26-31(34)15-13-8-6-4-2/h16-25,31H,3-15,26H2,1-2H3/t31-/m0/s1. The summed E-state index contributed by atoms with van der Waals surface area (Å²) in [5, 5.41) is 0. The molecule has 0 bridgehead atoms. The average Bonchev–Trinajstić information content (AvgIpc) is 2.94. The maximum absolute atomic E-state index is 14.0. The summed E-state index contributed by atoms with van der Waals surface area (Å²) in [7, 11) is 0. The molecule has 37 heavy (non-hydrogen) atoms. The van der Waals surface area contributed by atoms with Crippen LogP contribution in [-0.4, -0.2) is 22.7 Å². The average molecular weight is 505 g/mol. The molecule has 3 rings (SSSR count). The van der Waals surface area contributed by atoms with E-state index in [1.807, 2.05) is 36.7 Å². The van der Waals surface area contributed by atoms with E-state index in [0.29, 0.717) is 12.2 Å². The summed E-state index contributed by atoms with van der Waals surface area (Å²) in [4.78, 5) is 9.20. The predicted molar refractivity (Wildman–Crippen MR) is 154 cm³/mol. The minimum atomic E-state index is -0.910. The number of nitrogens with zero attached hydrogens (tertiary/aromatic N) is 2. The second-order valence-electron chi connectivity index (χ2n) is 10.1. The first-order valence-electron chi connectivity index (χ1n) is 14.5. The van der Waals surface area contributed by atoms with Crippen molar-refractivity contribution in [3.05, 3.63) is 66.5 Å². The molecule has 0 amide bonds. The third-order valence-electron chi connectivity index (χ3n) is 6.92. The number of aryl methyl sites for hydroxylation is 1. The molecule has 0 aliphatic rings. The van der Waals surface area contributed by atoms with Crippen molar-refractivity contribution in [3.8, 4) is 28.3 Å². The van der Waals surface area contributed by atoms with Crippen LogP contribution in [0.25, 0.3) is 22.5 Å². The van der Waals surface area contributed by atoms with Gasteiger partial charge >= 0.3 is 0 Å². The molecule has 1 aromatic heterocycles. The van der Waals surface area contributed by atoms with Gasteiger partial charge in [0.25, 0.3) is 0 Å². The third kappa shape index (κ3) is 10.6. The zero-order valence-corrected chi connectivity index (χ0v) is 22.9. The number of unbranched alkanes of at least 4 members (excludes halogenated alkanes) is 9. The van der Waals surface area contributed by atoms with E-state index in [0.717, 1.165) is 41.8 Å². The molecule has 0 unspecified atom stereocenters. The molecule has 1 heterocycles. The Morgan fingerprint density at radius 1 is 0.649 bits per heavy atom. The van der Waals surface area contributed by atoms with Crippen molar-refractivity contribution in [1.29, 1.82) is 0 Å². The van der Waals surface area contributed by atoms with Gasteiger partial charge in [0.15, 0.2) is 5.82 Å². The molecule has 4 heteroatoms. The van der Waals surface area contributed by atoms with Gasteiger partial charge < -0.3 is 4.74 Å². The van der Waals surface area contributed by atoms with Gasteiger partial charge in [0, 0.05) is 23.5 Å². The van der Waals surface area contributed by atoms with E-state index in [1.54, 1.807) is 0 Å². The van der Waals surface area contributed by atoms with Crippen molar-refractivity contribution < 1.29 is 9.13 Å². The molecule has 2 aromatic carbocycles. The topological polar surface area (TPSA) is 35.0 Å². The molecular formula is C33H45FN2O. The molecule has 0 saturated heterocycles. The van der Waals surface area contributed by atoms with Gasteiger partial charge in [0.05, 0.1) is 0 Å². The maximum Gasteiger partial charge on any atom is 0.159 e. The summed E-state index contributed by atoms with van der Waals surface area (Å²) in [5.74, 6) is 1.42. The molecule has 0 fully saturated rings. The summed E-state index contributed by atoms with van der Waals surface area (Å²) < 4.78 is 19.7. The third-order valence-corrected chi connectivity index (χ3v) is 6.92. The largest absolute Gasteiger partial charge is 0.491 e. The Labute approximate surface area is 223 Å². The van der Waals surface area contributed by atoms with E-state index in [-0.39, 0.29) is 6.61 Å². The van der Waals surface area contributed by atoms with E-state index in [4.69, 9.17) is 4.74 Å². The molecule has 0 saturated carbocycles. The van der Waals surface area contributed by atoms with Crippen LogP contribution in [0.4, 0.5) is 4.39 Å². The van der Waals surface area contributed by atoms with Crippen LogP contribution in [0.2, 0.25) is 0 Å². The molecule has 0 N–H and O–H groups in total. The lowest BCUT2D eigenvalue weighted by atomic mass is 10.0. The van der Waals surface area contributed by atoms with Crippen molar-refractivity contribution >= 4 is 0 Å². The van der Waals surface area contributed by atoms with Crippen LogP contribution in [0.15, 0.2) is 60.9 Å². The van der Waals surface area contributed by atoms with E-state index >= 15 is 0 Å². The Hall–Kier alpha value is -2.75. The normalized spacial score (nSPS) is 12.0. The molecule has 0 aliphatic heterocycles. The van der Waals surface area contributed by atoms with E-state index in [1.165, 1.54) is 63.4 Å². The Bertz CT molecular complexity index is 986. The van der Waals surface area contributed by atoms with Crippen molar-refractivity contribution in [2.24, 2.45) is 0 Å².